The number of amides is 1. The van der Waals surface area contributed by atoms with Gasteiger partial charge < -0.3 is 10.2 Å². The van der Waals surface area contributed by atoms with E-state index in [4.69, 9.17) is 0 Å². The van der Waals surface area contributed by atoms with Crippen LogP contribution in [0.25, 0.3) is 0 Å². The number of likely N-dealkylation sites (N-methyl/N-ethyl adjacent to an activating group) is 1. The van der Waals surface area contributed by atoms with E-state index in [0.717, 1.165) is 25.2 Å². The van der Waals surface area contributed by atoms with Crippen LogP contribution in [0.4, 0.5) is 0 Å². The Bertz CT molecular complexity index is 380. The fourth-order valence-electron chi connectivity index (χ4n) is 1.99. The maximum atomic E-state index is 12.0. The average molecular weight is 262 g/mol. The molecular weight excluding hydrogens is 236 g/mol. The van der Waals surface area contributed by atoms with Gasteiger partial charge in [-0.15, -0.1) is 0 Å². The fraction of sp³-hybridized carbons (Fsp3) is 0.562. The van der Waals surface area contributed by atoms with Gasteiger partial charge in [0, 0.05) is 18.7 Å². The summed E-state index contributed by atoms with van der Waals surface area (Å²) in [5, 5.41) is 2.97. The number of carbonyl (C=O) groups excluding carboxylic acids is 1. The van der Waals surface area contributed by atoms with E-state index in [1.807, 2.05) is 24.3 Å². The smallest absolute Gasteiger partial charge is 0.251 e. The quantitative estimate of drug-likeness (QED) is 0.819. The first kappa shape index (κ1) is 15.7. The number of hydrogen-bond donors (Lipinski definition) is 1. The van der Waals surface area contributed by atoms with Crippen LogP contribution < -0.4 is 5.32 Å². The van der Waals surface area contributed by atoms with Gasteiger partial charge in [-0.25, -0.2) is 0 Å². The molecule has 0 saturated carbocycles. The van der Waals surface area contributed by atoms with Gasteiger partial charge in [-0.1, -0.05) is 39.8 Å². The molecular formula is C16H26N2O. The van der Waals surface area contributed by atoms with Gasteiger partial charge >= 0.3 is 0 Å². The molecule has 1 rings (SSSR count). The van der Waals surface area contributed by atoms with Crippen molar-refractivity contribution < 1.29 is 4.79 Å². The van der Waals surface area contributed by atoms with Crippen LogP contribution in [0.15, 0.2) is 24.3 Å². The summed E-state index contributed by atoms with van der Waals surface area (Å²) < 4.78 is 0. The molecule has 0 aliphatic rings. The van der Waals surface area contributed by atoms with Crippen molar-refractivity contribution >= 4 is 5.91 Å². The second-order valence-electron chi connectivity index (χ2n) is 5.06. The zero-order valence-corrected chi connectivity index (χ0v) is 12.6. The monoisotopic (exact) mass is 262 g/mol. The van der Waals surface area contributed by atoms with Crippen molar-refractivity contribution in [3.05, 3.63) is 35.4 Å². The van der Waals surface area contributed by atoms with Crippen molar-refractivity contribution in [2.45, 2.75) is 33.6 Å². The van der Waals surface area contributed by atoms with E-state index in [-0.39, 0.29) is 5.91 Å². The third-order valence-corrected chi connectivity index (χ3v) is 3.45. The molecule has 0 aliphatic heterocycles. The number of nitrogens with one attached hydrogen (secondary N) is 1. The summed E-state index contributed by atoms with van der Waals surface area (Å²) in [4.78, 5) is 14.2. The normalized spacial score (nSPS) is 11.1. The highest BCUT2D eigenvalue weighted by Gasteiger charge is 2.06. The molecule has 0 radical (unpaired) electrons. The molecule has 0 bridgehead atoms. The van der Waals surface area contributed by atoms with Crippen LogP contribution in [0.5, 0.6) is 0 Å². The first-order chi connectivity index (χ1) is 9.08. The van der Waals surface area contributed by atoms with Crippen molar-refractivity contribution in [1.29, 1.82) is 0 Å². The van der Waals surface area contributed by atoms with Crippen LogP contribution in [0.1, 0.15) is 49.5 Å². The Morgan fingerprint density at radius 2 is 1.74 bits per heavy atom. The highest BCUT2D eigenvalue weighted by molar-refractivity contribution is 5.94. The number of benzene rings is 1. The Labute approximate surface area is 117 Å². The third kappa shape index (κ3) is 5.03. The van der Waals surface area contributed by atoms with Crippen LogP contribution in [0.2, 0.25) is 0 Å². The summed E-state index contributed by atoms with van der Waals surface area (Å²) in [6.07, 6.45) is 0. The Morgan fingerprint density at radius 1 is 1.16 bits per heavy atom. The Morgan fingerprint density at radius 3 is 2.21 bits per heavy atom. The minimum atomic E-state index is 0.0162. The van der Waals surface area contributed by atoms with E-state index < -0.39 is 0 Å². The second-order valence-corrected chi connectivity index (χ2v) is 5.06. The summed E-state index contributed by atoms with van der Waals surface area (Å²) in [6, 6.07) is 7.87. The lowest BCUT2D eigenvalue weighted by molar-refractivity contribution is 0.0949. The number of rotatable bonds is 7. The Hall–Kier alpha value is -1.35. The van der Waals surface area contributed by atoms with Crippen molar-refractivity contribution in [1.82, 2.24) is 10.2 Å². The predicted molar refractivity (Wildman–Crippen MR) is 80.7 cm³/mol. The maximum absolute atomic E-state index is 12.0. The van der Waals surface area contributed by atoms with E-state index in [0.29, 0.717) is 12.5 Å². The maximum Gasteiger partial charge on any atom is 0.251 e. The molecule has 0 fully saturated rings. The Balaban J connectivity index is 2.45. The summed E-state index contributed by atoms with van der Waals surface area (Å²) in [5.74, 6) is 0.516. The number of nitrogens with zero attached hydrogens (tertiary/aromatic N) is 1. The van der Waals surface area contributed by atoms with E-state index in [1.54, 1.807) is 0 Å². The van der Waals surface area contributed by atoms with Crippen molar-refractivity contribution in [2.75, 3.05) is 26.2 Å². The van der Waals surface area contributed by atoms with Crippen LogP contribution in [0, 0.1) is 0 Å². The van der Waals surface area contributed by atoms with Gasteiger partial charge in [-0.05, 0) is 36.7 Å². The summed E-state index contributed by atoms with van der Waals surface area (Å²) in [5.41, 5.74) is 2.00. The van der Waals surface area contributed by atoms with Crippen molar-refractivity contribution in [3.8, 4) is 0 Å². The van der Waals surface area contributed by atoms with E-state index in [2.05, 4.69) is 37.9 Å². The number of hydrogen-bond acceptors (Lipinski definition) is 2. The molecule has 0 heterocycles. The van der Waals surface area contributed by atoms with Crippen LogP contribution in [0.3, 0.4) is 0 Å². The molecule has 1 aromatic carbocycles. The minimum Gasteiger partial charge on any atom is -0.351 e. The summed E-state index contributed by atoms with van der Waals surface area (Å²) in [7, 11) is 0. The lowest BCUT2D eigenvalue weighted by Crippen LogP contribution is -2.34. The molecule has 0 atom stereocenters. The first-order valence-electron chi connectivity index (χ1n) is 7.19. The van der Waals surface area contributed by atoms with E-state index in [9.17, 15) is 4.79 Å². The fourth-order valence-corrected chi connectivity index (χ4v) is 1.99. The third-order valence-electron chi connectivity index (χ3n) is 3.45. The van der Waals surface area contributed by atoms with Crippen molar-refractivity contribution in [3.63, 3.8) is 0 Å². The van der Waals surface area contributed by atoms with Gasteiger partial charge in [0.15, 0.2) is 0 Å². The highest BCUT2D eigenvalue weighted by Crippen LogP contribution is 2.14. The molecule has 1 N–H and O–H groups in total. The molecule has 0 spiro atoms. The molecule has 0 aromatic heterocycles. The molecule has 0 aliphatic carbocycles. The largest absolute Gasteiger partial charge is 0.351 e. The molecule has 19 heavy (non-hydrogen) atoms. The first-order valence-corrected chi connectivity index (χ1v) is 7.19. The van der Waals surface area contributed by atoms with Gasteiger partial charge in [-0.3, -0.25) is 4.79 Å². The summed E-state index contributed by atoms with van der Waals surface area (Å²) >= 11 is 0. The molecule has 3 nitrogen and oxygen atoms in total. The second kappa shape index (κ2) is 7.95. The standard InChI is InChI=1S/C16H26N2O/c1-5-18(6-2)12-11-17-16(19)15-9-7-14(8-10-15)13(3)4/h7-10,13H,5-6,11-12H2,1-4H3,(H,17,19). The highest BCUT2D eigenvalue weighted by atomic mass is 16.1. The zero-order chi connectivity index (χ0) is 14.3. The number of carbonyl (C=O) groups is 1. The van der Waals surface area contributed by atoms with Gasteiger partial charge in [0.2, 0.25) is 0 Å². The Kier molecular flexibility index (Phi) is 6.57. The zero-order valence-electron chi connectivity index (χ0n) is 12.6. The molecule has 3 heteroatoms. The van der Waals surface area contributed by atoms with E-state index >= 15 is 0 Å². The van der Waals surface area contributed by atoms with Crippen LogP contribution in [-0.2, 0) is 0 Å². The predicted octanol–water partition coefficient (Wildman–Crippen LogP) is 2.88. The van der Waals surface area contributed by atoms with Gasteiger partial charge in [0.1, 0.15) is 0 Å². The van der Waals surface area contributed by atoms with E-state index in [1.165, 1.54) is 5.56 Å². The van der Waals surface area contributed by atoms with Gasteiger partial charge in [-0.2, -0.15) is 0 Å². The topological polar surface area (TPSA) is 32.3 Å². The molecule has 1 aromatic rings. The van der Waals surface area contributed by atoms with Crippen molar-refractivity contribution in [2.24, 2.45) is 0 Å². The van der Waals surface area contributed by atoms with Crippen LogP contribution >= 0.6 is 0 Å². The summed E-state index contributed by atoms with van der Waals surface area (Å²) in [6.45, 7) is 12.2. The van der Waals surface area contributed by atoms with Crippen LogP contribution in [-0.4, -0.2) is 37.0 Å². The molecule has 0 unspecified atom stereocenters. The lowest BCUT2D eigenvalue weighted by atomic mass is 10.0. The van der Waals surface area contributed by atoms with Gasteiger partial charge in [0.25, 0.3) is 5.91 Å². The minimum absolute atomic E-state index is 0.0162. The molecule has 1 amide bonds. The average Bonchev–Trinajstić information content (AvgIpc) is 2.43. The lowest BCUT2D eigenvalue weighted by Gasteiger charge is -2.18. The molecule has 0 saturated heterocycles. The van der Waals surface area contributed by atoms with Gasteiger partial charge in [0.05, 0.1) is 0 Å². The SMILES string of the molecule is CCN(CC)CCNC(=O)c1ccc(C(C)C)cc1. The molecule has 106 valence electrons.